The lowest BCUT2D eigenvalue weighted by atomic mass is 10.1. The molecule has 1 aliphatic heterocycles. The molecule has 8 nitrogen and oxygen atoms in total. The molecule has 0 aliphatic carbocycles. The highest BCUT2D eigenvalue weighted by Crippen LogP contribution is 2.16. The second-order valence-electron chi connectivity index (χ2n) is 3.29. The summed E-state index contributed by atoms with van der Waals surface area (Å²) >= 11 is 0. The van der Waals surface area contributed by atoms with E-state index in [9.17, 15) is 9.90 Å². The number of rotatable bonds is 1. The second kappa shape index (κ2) is 6.42. The van der Waals surface area contributed by atoms with Crippen LogP contribution >= 0.6 is 0 Å². The van der Waals surface area contributed by atoms with Gasteiger partial charge in [0.1, 0.15) is 12.2 Å². The van der Waals surface area contributed by atoms with Crippen molar-refractivity contribution in [1.29, 1.82) is 0 Å². The first-order valence-electron chi connectivity index (χ1n) is 4.84. The van der Waals surface area contributed by atoms with Crippen LogP contribution in [0.2, 0.25) is 0 Å². The molecular formula is C9H13N2O6-. The van der Waals surface area contributed by atoms with Crippen molar-refractivity contribution >= 4 is 0 Å². The lowest BCUT2D eigenvalue weighted by molar-refractivity contribution is -0.498. The van der Waals surface area contributed by atoms with Gasteiger partial charge in [-0.3, -0.25) is 0 Å². The summed E-state index contributed by atoms with van der Waals surface area (Å²) < 4.78 is 4.43. The number of H-pyrrole nitrogens is 1. The molecule has 17 heavy (non-hydrogen) atoms. The Bertz CT molecular complexity index is 366. The monoisotopic (exact) mass is 245 g/mol. The fraction of sp³-hybridized carbons (Fsp3) is 0.556. The van der Waals surface area contributed by atoms with E-state index in [0.29, 0.717) is 0 Å². The summed E-state index contributed by atoms with van der Waals surface area (Å²) in [6.45, 7) is -0.447. The molecule has 1 aliphatic rings. The Morgan fingerprint density at radius 3 is 2.41 bits per heavy atom. The number of hydrogen-bond acceptors (Lipinski definition) is 7. The lowest BCUT2D eigenvalue weighted by Crippen LogP contribution is -2.39. The molecule has 0 radical (unpaired) electrons. The molecule has 2 rings (SSSR count). The van der Waals surface area contributed by atoms with Crippen molar-refractivity contribution < 1.29 is 25.2 Å². The fourth-order valence-electron chi connectivity index (χ4n) is 1.18. The molecule has 0 aromatic carbocycles. The summed E-state index contributed by atoms with van der Waals surface area (Å²) in [4.78, 5) is 15.8. The Hall–Kier alpha value is -1.32. The minimum absolute atomic E-state index is 0.303. The van der Waals surface area contributed by atoms with Gasteiger partial charge in [0, 0.05) is 18.7 Å². The van der Waals surface area contributed by atoms with E-state index in [0.717, 1.165) is 0 Å². The van der Waals surface area contributed by atoms with Gasteiger partial charge in [0.2, 0.25) is 0 Å². The molecule has 1 saturated heterocycles. The van der Waals surface area contributed by atoms with Crippen molar-refractivity contribution in [2.45, 2.75) is 24.6 Å². The van der Waals surface area contributed by atoms with Crippen LogP contribution in [0.4, 0.5) is 0 Å². The van der Waals surface area contributed by atoms with E-state index >= 15 is 0 Å². The van der Waals surface area contributed by atoms with E-state index in [1.165, 1.54) is 12.4 Å². The van der Waals surface area contributed by atoms with Crippen molar-refractivity contribution in [1.82, 2.24) is 9.97 Å². The highest BCUT2D eigenvalue weighted by molar-refractivity contribution is 4.84. The third-order valence-electron chi connectivity index (χ3n) is 2.08. The molecule has 96 valence electrons. The highest BCUT2D eigenvalue weighted by Gasteiger charge is 2.36. The second-order valence-corrected chi connectivity index (χ2v) is 3.29. The van der Waals surface area contributed by atoms with Gasteiger partial charge in [-0.25, -0.2) is 9.78 Å². The number of ether oxygens (including phenoxy) is 1. The maximum absolute atomic E-state index is 10.5. The van der Waals surface area contributed by atoms with Gasteiger partial charge in [-0.2, -0.15) is 0 Å². The van der Waals surface area contributed by atoms with Crippen molar-refractivity contribution in [3.8, 4) is 0 Å². The summed E-state index contributed by atoms with van der Waals surface area (Å²) in [7, 11) is 0. The summed E-state index contributed by atoms with van der Waals surface area (Å²) in [6.07, 6.45) is -2.26. The minimum Gasteiger partial charge on any atom is -0.829 e. The van der Waals surface area contributed by atoms with E-state index in [1.807, 2.05) is 0 Å². The zero-order valence-electron chi connectivity index (χ0n) is 8.76. The Kier molecular flexibility index (Phi) is 5.19. The lowest BCUT2D eigenvalue weighted by Gasteiger charge is -2.18. The Balaban J connectivity index is 0.000000181. The summed E-state index contributed by atoms with van der Waals surface area (Å²) in [5, 5.41) is 36.6. The maximum Gasteiger partial charge on any atom is 0.344 e. The predicted molar refractivity (Wildman–Crippen MR) is 52.6 cm³/mol. The van der Waals surface area contributed by atoms with Crippen LogP contribution in [-0.2, 0) is 4.74 Å². The van der Waals surface area contributed by atoms with Crippen molar-refractivity contribution in [2.24, 2.45) is 0 Å². The number of hydrogen-bond donors (Lipinski definition) is 4. The molecule has 0 unspecified atom stereocenters. The Labute approximate surface area is 96.1 Å². The van der Waals surface area contributed by atoms with Gasteiger partial charge < -0.3 is 30.1 Å². The largest absolute Gasteiger partial charge is 0.829 e. The zero-order valence-corrected chi connectivity index (χ0v) is 8.76. The average Bonchev–Trinajstić information content (AvgIpc) is 2.58. The van der Waals surface area contributed by atoms with Crippen molar-refractivity contribution in [2.75, 3.05) is 6.61 Å². The van der Waals surface area contributed by atoms with Crippen LogP contribution in [0.25, 0.3) is 0 Å². The molecule has 2 heterocycles. The van der Waals surface area contributed by atoms with Crippen molar-refractivity contribution in [3.05, 3.63) is 28.9 Å². The van der Waals surface area contributed by atoms with Gasteiger partial charge in [0.15, 0.2) is 0 Å². The molecule has 0 saturated carbocycles. The first-order valence-corrected chi connectivity index (χ1v) is 4.84. The first-order chi connectivity index (χ1) is 8.06. The molecule has 1 fully saturated rings. The van der Waals surface area contributed by atoms with Crippen LogP contribution in [0, 0.1) is 0 Å². The summed E-state index contributed by atoms with van der Waals surface area (Å²) in [6, 6.07) is 1.65. The number of aromatic nitrogens is 2. The number of aliphatic hydroxyl groups is 3. The number of aromatic amines is 1. The van der Waals surface area contributed by atoms with E-state index in [4.69, 9.17) is 15.3 Å². The van der Waals surface area contributed by atoms with Gasteiger partial charge in [-0.15, -0.1) is 0 Å². The Morgan fingerprint density at radius 1 is 1.47 bits per heavy atom. The van der Waals surface area contributed by atoms with E-state index in [-0.39, 0.29) is 5.69 Å². The van der Waals surface area contributed by atoms with Gasteiger partial charge in [0.25, 0.3) is 0 Å². The van der Waals surface area contributed by atoms with Crippen LogP contribution in [0.5, 0.6) is 0 Å². The third kappa shape index (κ3) is 3.88. The molecule has 4 N–H and O–H groups in total. The van der Waals surface area contributed by atoms with Gasteiger partial charge in [-0.1, -0.05) is 0 Å². The summed E-state index contributed by atoms with van der Waals surface area (Å²) in [5.41, 5.74) is -0.303. The molecule has 0 bridgehead atoms. The van der Waals surface area contributed by atoms with Crippen LogP contribution in [0.3, 0.4) is 0 Å². The molecule has 4 atom stereocenters. The smallest absolute Gasteiger partial charge is 0.344 e. The molecular weight excluding hydrogens is 232 g/mol. The van der Waals surface area contributed by atoms with E-state index in [1.54, 1.807) is 6.07 Å². The van der Waals surface area contributed by atoms with Crippen LogP contribution in [-0.4, -0.2) is 56.5 Å². The van der Waals surface area contributed by atoms with E-state index < -0.39 is 31.2 Å². The zero-order chi connectivity index (χ0) is 12.8. The molecule has 1 aromatic rings. The highest BCUT2D eigenvalue weighted by atomic mass is 16.6. The van der Waals surface area contributed by atoms with Crippen LogP contribution in [0.1, 0.15) is 0 Å². The fourth-order valence-corrected chi connectivity index (χ4v) is 1.18. The van der Waals surface area contributed by atoms with Gasteiger partial charge in [0.05, 0.1) is 12.7 Å². The average molecular weight is 245 g/mol. The molecule has 0 amide bonds. The Morgan fingerprint density at radius 2 is 2.18 bits per heavy atom. The van der Waals surface area contributed by atoms with Crippen LogP contribution in [0.15, 0.2) is 23.3 Å². The topological polar surface area (TPSA) is 139 Å². The molecule has 0 spiro atoms. The standard InChI is InChI=1S/C5H9O5.C4H4N2O/c6-1-2-3(7)4(8)5(9)10-2;7-4-5-2-1-3-6-4/h2-8H,1H2;1-3H,(H,5,6,7)/q-1;/t2-,3-,4-,5-;/m1./s1. The van der Waals surface area contributed by atoms with E-state index in [2.05, 4.69) is 14.7 Å². The number of nitrogens with zero attached hydrogens (tertiary/aromatic N) is 1. The molecule has 1 aromatic heterocycles. The van der Waals surface area contributed by atoms with Crippen molar-refractivity contribution in [3.63, 3.8) is 0 Å². The quantitative estimate of drug-likeness (QED) is 0.403. The normalized spacial score (nSPS) is 31.8. The van der Waals surface area contributed by atoms with Gasteiger partial charge in [-0.05, 0) is 6.07 Å². The third-order valence-corrected chi connectivity index (χ3v) is 2.08. The maximum atomic E-state index is 10.5. The van der Waals surface area contributed by atoms with Gasteiger partial charge >= 0.3 is 5.69 Å². The minimum atomic E-state index is -1.63. The van der Waals surface area contributed by atoms with Crippen LogP contribution < -0.4 is 10.8 Å². The number of aliphatic hydroxyl groups excluding tert-OH is 3. The predicted octanol–water partition coefficient (Wildman–Crippen LogP) is -3.44. The molecule has 8 heteroatoms. The first kappa shape index (κ1) is 13.7. The SMILES string of the molecule is O=c1nccc[nH]1.[O-][C@@H]1O[C@H](CO)[C@@H](O)[C@H]1O. The number of nitrogens with one attached hydrogen (secondary N) is 1. The summed E-state index contributed by atoms with van der Waals surface area (Å²) in [5.74, 6) is 0.